The van der Waals surface area contributed by atoms with Crippen LogP contribution in [0.3, 0.4) is 0 Å². The standard InChI is InChI=1S/C14H23N3O3/c1-17(2)13-5-4-11(15)10-12(13)14(18)16-6-7-20-9-8-19-3/h4-5,10H,6-9,15H2,1-3H3,(H,16,18). The van der Waals surface area contributed by atoms with Crippen molar-refractivity contribution < 1.29 is 14.3 Å². The van der Waals surface area contributed by atoms with Crippen molar-refractivity contribution in [3.05, 3.63) is 23.8 Å². The van der Waals surface area contributed by atoms with Gasteiger partial charge in [-0.3, -0.25) is 4.79 Å². The smallest absolute Gasteiger partial charge is 0.253 e. The van der Waals surface area contributed by atoms with Gasteiger partial charge in [0, 0.05) is 39.1 Å². The van der Waals surface area contributed by atoms with Crippen molar-refractivity contribution in [1.29, 1.82) is 0 Å². The van der Waals surface area contributed by atoms with Crippen molar-refractivity contribution in [3.8, 4) is 0 Å². The lowest BCUT2D eigenvalue weighted by molar-refractivity contribution is 0.0693. The van der Waals surface area contributed by atoms with Gasteiger partial charge in [-0.1, -0.05) is 0 Å². The second-order valence-electron chi connectivity index (χ2n) is 4.53. The van der Waals surface area contributed by atoms with Gasteiger partial charge in [0.25, 0.3) is 5.91 Å². The maximum Gasteiger partial charge on any atom is 0.253 e. The van der Waals surface area contributed by atoms with Gasteiger partial charge in [0.15, 0.2) is 0 Å². The maximum absolute atomic E-state index is 12.1. The summed E-state index contributed by atoms with van der Waals surface area (Å²) in [4.78, 5) is 14.0. The van der Waals surface area contributed by atoms with Gasteiger partial charge >= 0.3 is 0 Å². The van der Waals surface area contributed by atoms with E-state index in [0.29, 0.717) is 37.6 Å². The van der Waals surface area contributed by atoms with Crippen LogP contribution in [0.1, 0.15) is 10.4 Å². The Morgan fingerprint density at radius 3 is 2.70 bits per heavy atom. The number of carbonyl (C=O) groups excluding carboxylic acids is 1. The van der Waals surface area contributed by atoms with Gasteiger partial charge in [0.1, 0.15) is 0 Å². The molecule has 0 saturated heterocycles. The molecular formula is C14H23N3O3. The molecule has 0 saturated carbocycles. The summed E-state index contributed by atoms with van der Waals surface area (Å²) in [5.41, 5.74) is 7.70. The first kappa shape index (κ1) is 16.3. The van der Waals surface area contributed by atoms with Gasteiger partial charge in [-0.2, -0.15) is 0 Å². The van der Waals surface area contributed by atoms with E-state index in [1.54, 1.807) is 19.2 Å². The molecule has 0 bridgehead atoms. The Morgan fingerprint density at radius 1 is 1.30 bits per heavy atom. The van der Waals surface area contributed by atoms with Crippen LogP contribution in [0, 0.1) is 0 Å². The quantitative estimate of drug-likeness (QED) is 0.542. The molecule has 1 aromatic carbocycles. The number of hydrogen-bond donors (Lipinski definition) is 2. The summed E-state index contributed by atoms with van der Waals surface area (Å²) in [6, 6.07) is 5.29. The van der Waals surface area contributed by atoms with E-state index in [9.17, 15) is 4.79 Å². The van der Waals surface area contributed by atoms with Crippen molar-refractivity contribution in [3.63, 3.8) is 0 Å². The zero-order valence-corrected chi connectivity index (χ0v) is 12.3. The molecule has 0 radical (unpaired) electrons. The summed E-state index contributed by atoms with van der Waals surface area (Å²) in [5.74, 6) is -0.156. The summed E-state index contributed by atoms with van der Waals surface area (Å²) < 4.78 is 10.1. The van der Waals surface area contributed by atoms with E-state index in [4.69, 9.17) is 15.2 Å². The number of hydrogen-bond acceptors (Lipinski definition) is 5. The zero-order chi connectivity index (χ0) is 15.0. The van der Waals surface area contributed by atoms with Gasteiger partial charge in [-0.05, 0) is 18.2 Å². The lowest BCUT2D eigenvalue weighted by Gasteiger charge is -2.17. The number of amides is 1. The lowest BCUT2D eigenvalue weighted by atomic mass is 10.1. The molecule has 6 heteroatoms. The Hall–Kier alpha value is -1.79. The first-order chi connectivity index (χ1) is 9.56. The molecule has 0 spiro atoms. The van der Waals surface area contributed by atoms with Gasteiger partial charge < -0.3 is 25.4 Å². The molecule has 112 valence electrons. The van der Waals surface area contributed by atoms with E-state index in [1.165, 1.54) is 0 Å². The number of methoxy groups -OCH3 is 1. The summed E-state index contributed by atoms with van der Waals surface area (Å²) >= 11 is 0. The van der Waals surface area contributed by atoms with Crippen LogP contribution in [-0.2, 0) is 9.47 Å². The fraction of sp³-hybridized carbons (Fsp3) is 0.500. The van der Waals surface area contributed by atoms with Crippen LogP contribution < -0.4 is 16.0 Å². The molecule has 0 atom stereocenters. The second kappa shape index (κ2) is 8.39. The van der Waals surface area contributed by atoms with Crippen LogP contribution in [0.15, 0.2) is 18.2 Å². The van der Waals surface area contributed by atoms with E-state index in [-0.39, 0.29) is 5.91 Å². The van der Waals surface area contributed by atoms with Gasteiger partial charge in [-0.25, -0.2) is 0 Å². The Labute approximate surface area is 119 Å². The SMILES string of the molecule is COCCOCCNC(=O)c1cc(N)ccc1N(C)C. The van der Waals surface area contributed by atoms with Crippen molar-refractivity contribution in [2.24, 2.45) is 0 Å². The van der Waals surface area contributed by atoms with Crippen molar-refractivity contribution in [2.45, 2.75) is 0 Å². The first-order valence-corrected chi connectivity index (χ1v) is 6.48. The summed E-state index contributed by atoms with van der Waals surface area (Å²) in [5, 5.41) is 2.81. The molecule has 0 aromatic heterocycles. The minimum atomic E-state index is -0.156. The minimum Gasteiger partial charge on any atom is -0.399 e. The van der Waals surface area contributed by atoms with E-state index >= 15 is 0 Å². The second-order valence-corrected chi connectivity index (χ2v) is 4.53. The Morgan fingerprint density at radius 2 is 2.05 bits per heavy atom. The predicted octanol–water partition coefficient (Wildman–Crippen LogP) is 0.728. The van der Waals surface area contributed by atoms with Crippen molar-refractivity contribution in [1.82, 2.24) is 5.32 Å². The number of nitrogens with one attached hydrogen (secondary N) is 1. The average Bonchev–Trinajstić information content (AvgIpc) is 2.42. The first-order valence-electron chi connectivity index (χ1n) is 6.48. The lowest BCUT2D eigenvalue weighted by Crippen LogP contribution is -2.29. The summed E-state index contributed by atoms with van der Waals surface area (Å²) in [6.45, 7) is 1.97. The van der Waals surface area contributed by atoms with Gasteiger partial charge in [-0.15, -0.1) is 0 Å². The molecule has 6 nitrogen and oxygen atoms in total. The third-order valence-corrected chi connectivity index (χ3v) is 2.71. The molecule has 0 unspecified atom stereocenters. The monoisotopic (exact) mass is 281 g/mol. The third kappa shape index (κ3) is 5.07. The molecule has 0 aliphatic carbocycles. The summed E-state index contributed by atoms with van der Waals surface area (Å²) in [6.07, 6.45) is 0. The summed E-state index contributed by atoms with van der Waals surface area (Å²) in [7, 11) is 5.39. The molecule has 20 heavy (non-hydrogen) atoms. The van der Waals surface area contributed by atoms with E-state index in [0.717, 1.165) is 5.69 Å². The van der Waals surface area contributed by atoms with E-state index < -0.39 is 0 Å². The number of nitrogens with zero attached hydrogens (tertiary/aromatic N) is 1. The minimum absolute atomic E-state index is 0.156. The zero-order valence-electron chi connectivity index (χ0n) is 12.3. The number of rotatable bonds is 8. The van der Waals surface area contributed by atoms with Crippen molar-refractivity contribution in [2.75, 3.05) is 58.2 Å². The fourth-order valence-electron chi connectivity index (χ4n) is 1.70. The third-order valence-electron chi connectivity index (χ3n) is 2.71. The number of benzene rings is 1. The number of ether oxygens (including phenoxy) is 2. The van der Waals surface area contributed by atoms with Crippen LogP contribution in [-0.4, -0.2) is 53.5 Å². The average molecular weight is 281 g/mol. The maximum atomic E-state index is 12.1. The number of carbonyl (C=O) groups is 1. The van der Waals surface area contributed by atoms with Gasteiger partial charge in [0.2, 0.25) is 0 Å². The highest BCUT2D eigenvalue weighted by molar-refractivity contribution is 6.00. The Bertz CT molecular complexity index is 436. The molecule has 0 aliphatic rings. The highest BCUT2D eigenvalue weighted by Gasteiger charge is 2.12. The van der Waals surface area contributed by atoms with Gasteiger partial charge in [0.05, 0.1) is 25.4 Å². The highest BCUT2D eigenvalue weighted by atomic mass is 16.5. The fourth-order valence-corrected chi connectivity index (χ4v) is 1.70. The number of nitrogen functional groups attached to an aromatic ring is 1. The van der Waals surface area contributed by atoms with E-state index in [1.807, 2.05) is 25.1 Å². The van der Waals surface area contributed by atoms with Crippen LogP contribution >= 0.6 is 0 Å². The number of nitrogens with two attached hydrogens (primary N) is 1. The predicted molar refractivity (Wildman–Crippen MR) is 80.2 cm³/mol. The largest absolute Gasteiger partial charge is 0.399 e. The van der Waals surface area contributed by atoms with Crippen LogP contribution in [0.25, 0.3) is 0 Å². The van der Waals surface area contributed by atoms with Crippen LogP contribution in [0.5, 0.6) is 0 Å². The van der Waals surface area contributed by atoms with Crippen LogP contribution in [0.2, 0.25) is 0 Å². The number of anilines is 2. The molecule has 3 N–H and O–H groups in total. The highest BCUT2D eigenvalue weighted by Crippen LogP contribution is 2.21. The van der Waals surface area contributed by atoms with Crippen LogP contribution in [0.4, 0.5) is 11.4 Å². The molecular weight excluding hydrogens is 258 g/mol. The molecule has 1 rings (SSSR count). The van der Waals surface area contributed by atoms with E-state index in [2.05, 4.69) is 5.32 Å². The van der Waals surface area contributed by atoms with Crippen molar-refractivity contribution >= 4 is 17.3 Å². The topological polar surface area (TPSA) is 76.8 Å². The normalized spacial score (nSPS) is 10.3. The molecule has 0 fully saturated rings. The Kier molecular flexibility index (Phi) is 6.83. The molecule has 0 aliphatic heterocycles. The Balaban J connectivity index is 2.52. The molecule has 1 aromatic rings. The molecule has 0 heterocycles. The molecule has 1 amide bonds.